The highest BCUT2D eigenvalue weighted by Gasteiger charge is 2.16. The van der Waals surface area contributed by atoms with E-state index >= 15 is 0 Å². The van der Waals surface area contributed by atoms with Gasteiger partial charge in [0.15, 0.2) is 0 Å². The molecule has 0 saturated heterocycles. The third kappa shape index (κ3) is 3.62. The van der Waals surface area contributed by atoms with Crippen LogP contribution in [0.1, 0.15) is 6.92 Å². The zero-order valence-corrected chi connectivity index (χ0v) is 12.7. The Labute approximate surface area is 132 Å². The van der Waals surface area contributed by atoms with Crippen LogP contribution in [0.5, 0.6) is 0 Å². The summed E-state index contributed by atoms with van der Waals surface area (Å²) in [6.45, 7) is 1.83. The molecule has 0 heterocycles. The summed E-state index contributed by atoms with van der Waals surface area (Å²) in [6, 6.07) is 13.2. The molecule has 2 aromatic carbocycles. The average Bonchev–Trinajstić information content (AvgIpc) is 2.55. The zero-order valence-electron chi connectivity index (χ0n) is 12.0. The van der Waals surface area contributed by atoms with E-state index in [0.29, 0.717) is 5.69 Å². The number of hydrogen-bond donors (Lipinski definition) is 1. The molecule has 0 radical (unpaired) electrons. The molecule has 0 saturated carbocycles. The lowest BCUT2D eigenvalue weighted by molar-refractivity contribution is -0.138. The van der Waals surface area contributed by atoms with Crippen LogP contribution in [0.3, 0.4) is 0 Å². The molecule has 5 nitrogen and oxygen atoms in total. The molecule has 0 aromatic heterocycles. The lowest BCUT2D eigenvalue weighted by Crippen LogP contribution is -2.09. The Morgan fingerprint density at radius 1 is 1.23 bits per heavy atom. The summed E-state index contributed by atoms with van der Waals surface area (Å²) in [6.07, 6.45) is 0. The van der Waals surface area contributed by atoms with Crippen LogP contribution in [0.25, 0.3) is 10.8 Å². The Balaban J connectivity index is 2.41. The maximum atomic E-state index is 11.8. The molecule has 22 heavy (non-hydrogen) atoms. The van der Waals surface area contributed by atoms with Crippen molar-refractivity contribution in [2.45, 2.75) is 6.92 Å². The van der Waals surface area contributed by atoms with Gasteiger partial charge in [-0.05, 0) is 18.4 Å². The van der Waals surface area contributed by atoms with Crippen LogP contribution in [-0.4, -0.2) is 23.6 Å². The largest absolute Gasteiger partial charge is 0.508 e. The quantitative estimate of drug-likeness (QED) is 0.290. The summed E-state index contributed by atoms with van der Waals surface area (Å²) < 4.78 is 4.83. The number of carbonyl (C=O) groups excluding carboxylic acids is 1. The summed E-state index contributed by atoms with van der Waals surface area (Å²) in [5.74, 6) is -1.38. The van der Waals surface area contributed by atoms with Crippen LogP contribution in [0.4, 0.5) is 5.69 Å². The molecule has 0 fully saturated rings. The van der Waals surface area contributed by atoms with Crippen molar-refractivity contribution in [1.82, 2.24) is 0 Å². The standard InChI is InChI=1S/C16H15ClN2O3/c1-2-22-16(21)15(14(20)10-17)19-18-13-9-5-7-11-6-3-4-8-12(11)13/h3-9,20H,2,10H2,1H3/b15-14+,19-18?. The van der Waals surface area contributed by atoms with Crippen LogP contribution < -0.4 is 0 Å². The van der Waals surface area contributed by atoms with Crippen molar-refractivity contribution in [2.24, 2.45) is 10.2 Å². The summed E-state index contributed by atoms with van der Waals surface area (Å²) in [4.78, 5) is 11.8. The van der Waals surface area contributed by atoms with E-state index in [1.165, 1.54) is 0 Å². The first kappa shape index (κ1) is 16.0. The maximum absolute atomic E-state index is 11.8. The molecule has 2 rings (SSSR count). The number of benzene rings is 2. The van der Waals surface area contributed by atoms with E-state index in [1.807, 2.05) is 36.4 Å². The van der Waals surface area contributed by atoms with Crippen LogP contribution in [0, 0.1) is 0 Å². The Hall–Kier alpha value is -2.40. The van der Waals surface area contributed by atoms with Crippen molar-refractivity contribution >= 4 is 34.0 Å². The normalized spacial score (nSPS) is 12.5. The van der Waals surface area contributed by atoms with Gasteiger partial charge in [0.2, 0.25) is 5.70 Å². The molecule has 0 aliphatic carbocycles. The third-order valence-corrected chi connectivity index (χ3v) is 3.15. The first-order valence-corrected chi connectivity index (χ1v) is 7.25. The second kappa shape index (κ2) is 7.56. The third-order valence-electron chi connectivity index (χ3n) is 2.89. The zero-order chi connectivity index (χ0) is 15.9. The van der Waals surface area contributed by atoms with Gasteiger partial charge in [0.05, 0.1) is 18.2 Å². The predicted molar refractivity (Wildman–Crippen MR) is 85.5 cm³/mol. The molecule has 1 N–H and O–H groups in total. The van der Waals surface area contributed by atoms with E-state index in [2.05, 4.69) is 10.2 Å². The fourth-order valence-electron chi connectivity index (χ4n) is 1.88. The van der Waals surface area contributed by atoms with E-state index in [4.69, 9.17) is 16.3 Å². The second-order valence-electron chi connectivity index (χ2n) is 4.35. The molecular weight excluding hydrogens is 304 g/mol. The van der Waals surface area contributed by atoms with Gasteiger partial charge in [-0.3, -0.25) is 0 Å². The molecule has 0 aliphatic heterocycles. The van der Waals surface area contributed by atoms with Crippen LogP contribution in [-0.2, 0) is 9.53 Å². The summed E-state index contributed by atoms with van der Waals surface area (Å²) >= 11 is 5.55. The average molecular weight is 319 g/mol. The minimum Gasteiger partial charge on any atom is -0.508 e. The molecule has 0 spiro atoms. The molecule has 0 unspecified atom stereocenters. The highest BCUT2D eigenvalue weighted by atomic mass is 35.5. The van der Waals surface area contributed by atoms with Gasteiger partial charge >= 0.3 is 5.97 Å². The van der Waals surface area contributed by atoms with Crippen molar-refractivity contribution in [3.63, 3.8) is 0 Å². The first-order valence-electron chi connectivity index (χ1n) is 6.72. The number of aliphatic hydroxyl groups is 1. The smallest absolute Gasteiger partial charge is 0.362 e. The molecule has 2 aromatic rings. The van der Waals surface area contributed by atoms with Crippen molar-refractivity contribution in [3.05, 3.63) is 53.9 Å². The van der Waals surface area contributed by atoms with Crippen LogP contribution >= 0.6 is 11.6 Å². The molecule has 114 valence electrons. The number of esters is 1. The number of aliphatic hydroxyl groups excluding tert-OH is 1. The Kier molecular flexibility index (Phi) is 5.49. The van der Waals surface area contributed by atoms with Gasteiger partial charge in [-0.1, -0.05) is 36.4 Å². The SMILES string of the molecule is CCOC(=O)/C(N=Nc1cccc2ccccc12)=C(\O)CCl. The second-order valence-corrected chi connectivity index (χ2v) is 4.61. The van der Waals surface area contributed by atoms with Crippen molar-refractivity contribution in [2.75, 3.05) is 12.5 Å². The summed E-state index contributed by atoms with van der Waals surface area (Å²) in [5, 5.41) is 19.5. The van der Waals surface area contributed by atoms with Gasteiger partial charge in [-0.2, -0.15) is 0 Å². The van der Waals surface area contributed by atoms with E-state index in [0.717, 1.165) is 10.8 Å². The number of carbonyl (C=O) groups is 1. The molecule has 6 heteroatoms. The highest BCUT2D eigenvalue weighted by Crippen LogP contribution is 2.26. The molecule has 0 aliphatic rings. The first-order chi connectivity index (χ1) is 10.7. The summed E-state index contributed by atoms with van der Waals surface area (Å²) in [7, 11) is 0. The van der Waals surface area contributed by atoms with Gasteiger partial charge in [0.25, 0.3) is 0 Å². The predicted octanol–water partition coefficient (Wildman–Crippen LogP) is 4.50. The molecule has 0 bridgehead atoms. The van der Waals surface area contributed by atoms with E-state index in [1.54, 1.807) is 13.0 Å². The van der Waals surface area contributed by atoms with E-state index in [-0.39, 0.29) is 23.9 Å². The number of azo groups is 1. The minimum absolute atomic E-state index is 0.168. The van der Waals surface area contributed by atoms with Crippen molar-refractivity contribution in [3.8, 4) is 0 Å². The lowest BCUT2D eigenvalue weighted by Gasteiger charge is -2.04. The number of fused-ring (bicyclic) bond motifs is 1. The van der Waals surface area contributed by atoms with Crippen molar-refractivity contribution < 1.29 is 14.6 Å². The number of alkyl halides is 1. The highest BCUT2D eigenvalue weighted by molar-refractivity contribution is 6.19. The van der Waals surface area contributed by atoms with Crippen LogP contribution in [0.2, 0.25) is 0 Å². The number of ether oxygens (including phenoxy) is 1. The monoisotopic (exact) mass is 318 g/mol. The number of halogens is 1. The fraction of sp³-hybridized carbons (Fsp3) is 0.188. The topological polar surface area (TPSA) is 71.2 Å². The Morgan fingerprint density at radius 2 is 1.95 bits per heavy atom. The van der Waals surface area contributed by atoms with Gasteiger partial charge < -0.3 is 9.84 Å². The minimum atomic E-state index is -0.760. The fourth-order valence-corrected chi connectivity index (χ4v) is 2.01. The van der Waals surface area contributed by atoms with E-state index in [9.17, 15) is 9.90 Å². The van der Waals surface area contributed by atoms with Crippen LogP contribution in [0.15, 0.2) is 64.1 Å². The van der Waals surface area contributed by atoms with Gasteiger partial charge in [0.1, 0.15) is 5.76 Å². The molecular formula is C16H15ClN2O3. The van der Waals surface area contributed by atoms with E-state index < -0.39 is 5.97 Å². The number of rotatable bonds is 5. The maximum Gasteiger partial charge on any atom is 0.362 e. The summed E-state index contributed by atoms with van der Waals surface area (Å²) in [5.41, 5.74) is 0.298. The van der Waals surface area contributed by atoms with Crippen molar-refractivity contribution in [1.29, 1.82) is 0 Å². The molecule has 0 amide bonds. The Morgan fingerprint density at radius 3 is 2.68 bits per heavy atom. The van der Waals surface area contributed by atoms with Gasteiger partial charge in [-0.15, -0.1) is 21.8 Å². The number of nitrogens with zero attached hydrogens (tertiary/aromatic N) is 2. The van der Waals surface area contributed by atoms with Gasteiger partial charge in [0, 0.05) is 5.39 Å². The van der Waals surface area contributed by atoms with Gasteiger partial charge in [-0.25, -0.2) is 4.79 Å². The molecule has 0 atom stereocenters. The number of allylic oxidation sites excluding steroid dienone is 1. The lowest BCUT2D eigenvalue weighted by atomic mass is 10.1. The number of hydrogen-bond acceptors (Lipinski definition) is 5. The Bertz CT molecular complexity index is 736.